The van der Waals surface area contributed by atoms with Crippen LogP contribution in [0.5, 0.6) is 0 Å². The fraction of sp³-hybridized carbons (Fsp3) is 0.941. The molecule has 0 radical (unpaired) electrons. The largest absolute Gasteiger partial charge is 0.501 e. The summed E-state index contributed by atoms with van der Waals surface area (Å²) in [7, 11) is 3.64. The predicted molar refractivity (Wildman–Crippen MR) is 106 cm³/mol. The van der Waals surface area contributed by atoms with Crippen molar-refractivity contribution < 1.29 is 5.11 Å². The van der Waals surface area contributed by atoms with E-state index in [1.54, 1.807) is 10.8 Å². The number of thiocarbonyl (C=S) groups is 1. The molecule has 0 amide bonds. The van der Waals surface area contributed by atoms with E-state index in [1.165, 1.54) is 70.0 Å². The molecule has 1 unspecified atom stereocenters. The van der Waals surface area contributed by atoms with Crippen LogP contribution >= 0.6 is 33.8 Å². The van der Waals surface area contributed by atoms with Crippen LogP contribution in [0.25, 0.3) is 0 Å². The summed E-state index contributed by atoms with van der Waals surface area (Å²) in [5.74, 6) is 1.18. The van der Waals surface area contributed by atoms with Crippen molar-refractivity contribution in [1.29, 1.82) is 0 Å². The molecule has 126 valence electrons. The van der Waals surface area contributed by atoms with Gasteiger partial charge in [0.15, 0.2) is 5.05 Å². The highest BCUT2D eigenvalue weighted by Crippen LogP contribution is 2.31. The zero-order valence-electron chi connectivity index (χ0n) is 13.9. The highest BCUT2D eigenvalue weighted by molar-refractivity contribution is 8.77. The number of aliphatic hydroxyl groups excluding tert-OH is 1. The van der Waals surface area contributed by atoms with E-state index in [0.29, 0.717) is 0 Å². The van der Waals surface area contributed by atoms with Crippen LogP contribution in [0.4, 0.5) is 0 Å². The molecule has 4 heteroatoms. The van der Waals surface area contributed by atoms with Gasteiger partial charge < -0.3 is 5.11 Å². The molecule has 0 aliphatic rings. The Bertz CT molecular complexity index is 234. The van der Waals surface area contributed by atoms with Gasteiger partial charge in [0.2, 0.25) is 0 Å². The first-order valence-electron chi connectivity index (χ1n) is 8.73. The van der Waals surface area contributed by atoms with Gasteiger partial charge in [0.1, 0.15) is 0 Å². The van der Waals surface area contributed by atoms with E-state index in [4.69, 9.17) is 12.2 Å². The van der Waals surface area contributed by atoms with E-state index in [9.17, 15) is 5.11 Å². The summed E-state index contributed by atoms with van der Waals surface area (Å²) in [4.78, 5) is 0. The molecular weight excluding hydrogens is 316 g/mol. The van der Waals surface area contributed by atoms with Crippen molar-refractivity contribution >= 4 is 38.9 Å². The average molecular weight is 351 g/mol. The van der Waals surface area contributed by atoms with E-state index in [1.807, 2.05) is 10.8 Å². The lowest BCUT2D eigenvalue weighted by Crippen LogP contribution is -2.12. The van der Waals surface area contributed by atoms with Gasteiger partial charge in [0.25, 0.3) is 0 Å². The molecule has 21 heavy (non-hydrogen) atoms. The van der Waals surface area contributed by atoms with Gasteiger partial charge in [-0.05, 0) is 25.1 Å². The first-order chi connectivity index (χ1) is 10.2. The van der Waals surface area contributed by atoms with Crippen LogP contribution in [0.15, 0.2) is 0 Å². The fourth-order valence-electron chi connectivity index (χ4n) is 2.25. The van der Waals surface area contributed by atoms with Crippen molar-refractivity contribution in [3.05, 3.63) is 0 Å². The summed E-state index contributed by atoms with van der Waals surface area (Å²) in [6, 6.07) is 0. The summed E-state index contributed by atoms with van der Waals surface area (Å²) in [5.41, 5.74) is 0. The van der Waals surface area contributed by atoms with E-state index in [0.717, 1.165) is 12.8 Å². The molecule has 0 aromatic carbocycles. The van der Waals surface area contributed by atoms with Gasteiger partial charge in [0, 0.05) is 5.75 Å². The Morgan fingerprint density at radius 2 is 1.38 bits per heavy atom. The van der Waals surface area contributed by atoms with E-state index in [2.05, 4.69) is 13.8 Å². The number of aliphatic hydroxyl groups is 1. The second-order valence-corrected chi connectivity index (χ2v) is 8.82. The van der Waals surface area contributed by atoms with Crippen molar-refractivity contribution in [3.8, 4) is 0 Å². The van der Waals surface area contributed by atoms with Gasteiger partial charge in [-0.25, -0.2) is 0 Å². The predicted octanol–water partition coefficient (Wildman–Crippen LogP) is 7.34. The minimum atomic E-state index is 0.151. The van der Waals surface area contributed by atoms with E-state index >= 15 is 0 Å². The summed E-state index contributed by atoms with van der Waals surface area (Å²) < 4.78 is 0. The van der Waals surface area contributed by atoms with Gasteiger partial charge in [-0.2, -0.15) is 0 Å². The van der Waals surface area contributed by atoms with Gasteiger partial charge in [0.05, 0.1) is 5.25 Å². The third-order valence-electron chi connectivity index (χ3n) is 3.59. The molecule has 0 heterocycles. The van der Waals surface area contributed by atoms with Crippen LogP contribution < -0.4 is 0 Å². The van der Waals surface area contributed by atoms with Crippen molar-refractivity contribution in [2.24, 2.45) is 0 Å². The van der Waals surface area contributed by atoms with Gasteiger partial charge in [-0.1, -0.05) is 99.6 Å². The average Bonchev–Trinajstić information content (AvgIpc) is 2.47. The zero-order chi connectivity index (χ0) is 15.8. The normalized spacial score (nSPS) is 12.5. The van der Waals surface area contributed by atoms with Gasteiger partial charge in [-0.3, -0.25) is 0 Å². The number of rotatable bonds is 16. The second-order valence-electron chi connectivity index (χ2n) is 5.72. The lowest BCUT2D eigenvalue weighted by atomic mass is 10.1. The lowest BCUT2D eigenvalue weighted by molar-refractivity contribution is 0.546. The van der Waals surface area contributed by atoms with Crippen LogP contribution in [0.2, 0.25) is 0 Å². The Morgan fingerprint density at radius 1 is 0.857 bits per heavy atom. The summed E-state index contributed by atoms with van der Waals surface area (Å²) >= 11 is 4.89. The lowest BCUT2D eigenvalue weighted by Gasteiger charge is -2.11. The van der Waals surface area contributed by atoms with Crippen molar-refractivity contribution in [2.45, 2.75) is 96.1 Å². The number of hydrogen-bond acceptors (Lipinski definition) is 3. The van der Waals surface area contributed by atoms with Crippen molar-refractivity contribution in [1.82, 2.24) is 0 Å². The fourth-order valence-corrected chi connectivity index (χ4v) is 5.39. The standard InChI is InChI=1S/C17H34OS3/c1-3-5-6-7-8-9-10-11-12-13-15-20-21-16(14-4-2)17(18)19/h16H,3-15H2,1-2H3,(H,18,19). The first kappa shape index (κ1) is 21.6. The Hall–Kier alpha value is 0.590. The molecule has 1 atom stereocenters. The van der Waals surface area contributed by atoms with Crippen LogP contribution in [-0.2, 0) is 0 Å². The minimum absolute atomic E-state index is 0.151. The van der Waals surface area contributed by atoms with Crippen LogP contribution in [0.1, 0.15) is 90.9 Å². The van der Waals surface area contributed by atoms with Crippen molar-refractivity contribution in [3.63, 3.8) is 0 Å². The Morgan fingerprint density at radius 3 is 1.86 bits per heavy atom. The summed E-state index contributed by atoms with van der Waals surface area (Å²) in [6.07, 6.45) is 16.0. The van der Waals surface area contributed by atoms with Crippen LogP contribution in [0.3, 0.4) is 0 Å². The maximum Gasteiger partial charge on any atom is 0.170 e. The third-order valence-corrected chi connectivity index (χ3v) is 6.91. The molecule has 0 saturated carbocycles. The Balaban J connectivity index is 3.23. The Labute approximate surface area is 145 Å². The summed E-state index contributed by atoms with van der Waals surface area (Å²) in [5, 5.41) is 9.75. The molecule has 0 saturated heterocycles. The first-order valence-corrected chi connectivity index (χ1v) is 11.5. The highest BCUT2D eigenvalue weighted by atomic mass is 33.1. The molecule has 1 N–H and O–H groups in total. The molecule has 0 aromatic rings. The van der Waals surface area contributed by atoms with Crippen LogP contribution in [0, 0.1) is 0 Å². The SMILES string of the molecule is CCCCCCCCCCCCSSC(CCC)C(O)=S. The van der Waals surface area contributed by atoms with E-state index in [-0.39, 0.29) is 10.3 Å². The zero-order valence-corrected chi connectivity index (χ0v) is 16.4. The molecule has 0 aliphatic heterocycles. The molecule has 0 fully saturated rings. The molecular formula is C17H34OS3. The second kappa shape index (κ2) is 17.0. The van der Waals surface area contributed by atoms with Crippen molar-refractivity contribution in [2.75, 3.05) is 5.75 Å². The van der Waals surface area contributed by atoms with Crippen LogP contribution in [-0.4, -0.2) is 21.2 Å². The maximum absolute atomic E-state index is 9.42. The maximum atomic E-state index is 9.42. The minimum Gasteiger partial charge on any atom is -0.501 e. The smallest absolute Gasteiger partial charge is 0.170 e. The molecule has 0 bridgehead atoms. The van der Waals surface area contributed by atoms with E-state index < -0.39 is 0 Å². The Kier molecular flexibility index (Phi) is 17.4. The molecule has 0 aliphatic carbocycles. The van der Waals surface area contributed by atoms with Gasteiger partial charge >= 0.3 is 0 Å². The molecule has 0 aromatic heterocycles. The summed E-state index contributed by atoms with van der Waals surface area (Å²) in [6.45, 7) is 4.41. The molecule has 0 spiro atoms. The number of unbranched alkanes of at least 4 members (excludes halogenated alkanes) is 9. The quantitative estimate of drug-likeness (QED) is 0.178. The third kappa shape index (κ3) is 15.3. The number of hydrogen-bond donors (Lipinski definition) is 1. The highest BCUT2D eigenvalue weighted by Gasteiger charge is 2.13. The topological polar surface area (TPSA) is 20.2 Å². The molecule has 1 nitrogen and oxygen atoms in total. The monoisotopic (exact) mass is 350 g/mol. The molecule has 0 rings (SSSR count). The van der Waals surface area contributed by atoms with Gasteiger partial charge in [-0.15, -0.1) is 0 Å².